The molecule has 0 spiro atoms. The molecule has 1 aliphatic heterocycles. The maximum Gasteiger partial charge on any atom is 0.253 e. The van der Waals surface area contributed by atoms with Gasteiger partial charge in [-0.3, -0.25) is 9.69 Å². The molecule has 0 unspecified atom stereocenters. The highest BCUT2D eigenvalue weighted by molar-refractivity contribution is 7.00. The predicted octanol–water partition coefficient (Wildman–Crippen LogP) is 3.57. The number of benzene rings is 2. The normalized spacial score (nSPS) is 15.6. The zero-order valence-corrected chi connectivity index (χ0v) is 16.9. The van der Waals surface area contributed by atoms with E-state index in [1.807, 2.05) is 47.4 Å². The van der Waals surface area contributed by atoms with Crippen LogP contribution in [0.4, 0.5) is 0 Å². The van der Waals surface area contributed by atoms with Crippen LogP contribution in [-0.2, 0) is 6.54 Å². The summed E-state index contributed by atoms with van der Waals surface area (Å²) >= 11 is 1.17. The van der Waals surface area contributed by atoms with Crippen molar-refractivity contribution < 1.29 is 9.32 Å². The Bertz CT molecular complexity index is 1160. The van der Waals surface area contributed by atoms with Crippen LogP contribution in [0, 0.1) is 0 Å². The molecule has 0 radical (unpaired) electrons. The van der Waals surface area contributed by atoms with E-state index in [0.717, 1.165) is 60.2 Å². The molecule has 0 aliphatic carbocycles. The van der Waals surface area contributed by atoms with E-state index in [1.165, 1.54) is 11.7 Å². The quantitative estimate of drug-likeness (QED) is 0.515. The summed E-state index contributed by atoms with van der Waals surface area (Å²) in [5.41, 5.74) is 4.10. The number of hydrogen-bond acceptors (Lipinski definition) is 7. The number of rotatable bonds is 4. The van der Waals surface area contributed by atoms with Gasteiger partial charge in [-0.2, -0.15) is 8.75 Å². The number of fused-ring (bicyclic) bond motifs is 2. The highest BCUT2D eigenvalue weighted by Gasteiger charge is 2.27. The first kappa shape index (κ1) is 18.2. The lowest BCUT2D eigenvalue weighted by molar-refractivity contribution is 0.0638. The van der Waals surface area contributed by atoms with Crippen molar-refractivity contribution in [1.82, 2.24) is 23.7 Å². The fourth-order valence-corrected chi connectivity index (χ4v) is 4.54. The number of likely N-dealkylation sites (tertiary alicyclic amines) is 1. The number of para-hydroxylation sites is 1. The van der Waals surface area contributed by atoms with Gasteiger partial charge in [-0.05, 0) is 50.2 Å². The summed E-state index contributed by atoms with van der Waals surface area (Å²) in [6, 6.07) is 13.9. The Morgan fingerprint density at radius 1 is 1.17 bits per heavy atom. The standard InChI is InChI=1S/C21H21N5O2S/c1-25(13-19-16-4-2-3-5-20(16)28-22-19)15-8-10-26(11-9-15)21(27)14-6-7-17-18(12-14)24-29-23-17/h2-7,12,15H,8-11,13H2,1H3. The number of hydrogen-bond donors (Lipinski definition) is 0. The lowest BCUT2D eigenvalue weighted by atomic mass is 10.0. The second-order valence-electron chi connectivity index (χ2n) is 7.53. The van der Waals surface area contributed by atoms with Crippen LogP contribution in [0.25, 0.3) is 22.0 Å². The molecular weight excluding hydrogens is 386 g/mol. The fourth-order valence-electron chi connectivity index (χ4n) is 4.02. The van der Waals surface area contributed by atoms with Crippen molar-refractivity contribution in [1.29, 1.82) is 0 Å². The first-order chi connectivity index (χ1) is 14.2. The Labute approximate surface area is 172 Å². The summed E-state index contributed by atoms with van der Waals surface area (Å²) in [6.45, 7) is 2.24. The molecule has 0 saturated carbocycles. The van der Waals surface area contributed by atoms with E-state index in [-0.39, 0.29) is 5.91 Å². The second kappa shape index (κ2) is 7.53. The van der Waals surface area contributed by atoms with Crippen molar-refractivity contribution in [3.8, 4) is 0 Å². The largest absolute Gasteiger partial charge is 0.356 e. The first-order valence-electron chi connectivity index (χ1n) is 9.74. The summed E-state index contributed by atoms with van der Waals surface area (Å²) in [5, 5.41) is 5.31. The van der Waals surface area contributed by atoms with E-state index in [4.69, 9.17) is 4.52 Å². The zero-order chi connectivity index (χ0) is 19.8. The third kappa shape index (κ3) is 3.49. The summed E-state index contributed by atoms with van der Waals surface area (Å²) in [6.07, 6.45) is 1.89. The summed E-state index contributed by atoms with van der Waals surface area (Å²) in [7, 11) is 2.12. The van der Waals surface area contributed by atoms with Gasteiger partial charge in [0.2, 0.25) is 0 Å². The molecule has 8 heteroatoms. The van der Waals surface area contributed by atoms with Crippen molar-refractivity contribution in [2.24, 2.45) is 0 Å². The summed E-state index contributed by atoms with van der Waals surface area (Å²) in [4.78, 5) is 17.1. The maximum absolute atomic E-state index is 12.9. The van der Waals surface area contributed by atoms with Crippen molar-refractivity contribution >= 4 is 39.6 Å². The minimum absolute atomic E-state index is 0.0727. The van der Waals surface area contributed by atoms with E-state index in [2.05, 4.69) is 25.9 Å². The Balaban J connectivity index is 1.22. The molecule has 2 aromatic heterocycles. The predicted molar refractivity (Wildman–Crippen MR) is 112 cm³/mol. The Morgan fingerprint density at radius 2 is 1.97 bits per heavy atom. The minimum Gasteiger partial charge on any atom is -0.356 e. The highest BCUT2D eigenvalue weighted by Crippen LogP contribution is 2.23. The van der Waals surface area contributed by atoms with Gasteiger partial charge in [0, 0.05) is 36.6 Å². The van der Waals surface area contributed by atoms with Gasteiger partial charge in [0.25, 0.3) is 5.91 Å². The number of piperidine rings is 1. The molecule has 1 aliphatic rings. The van der Waals surface area contributed by atoms with Crippen LogP contribution in [0.2, 0.25) is 0 Å². The zero-order valence-electron chi connectivity index (χ0n) is 16.1. The lowest BCUT2D eigenvalue weighted by Gasteiger charge is -2.36. The van der Waals surface area contributed by atoms with Crippen molar-refractivity contribution in [2.75, 3.05) is 20.1 Å². The molecule has 0 N–H and O–H groups in total. The molecule has 2 aromatic carbocycles. The lowest BCUT2D eigenvalue weighted by Crippen LogP contribution is -2.45. The van der Waals surface area contributed by atoms with Gasteiger partial charge in [-0.1, -0.05) is 17.3 Å². The summed E-state index contributed by atoms with van der Waals surface area (Å²) in [5.74, 6) is 0.0727. The molecule has 5 rings (SSSR count). The van der Waals surface area contributed by atoms with Crippen LogP contribution in [-0.4, -0.2) is 55.8 Å². The Morgan fingerprint density at radius 3 is 2.83 bits per heavy atom. The summed E-state index contributed by atoms with van der Waals surface area (Å²) < 4.78 is 13.9. The van der Waals surface area contributed by atoms with Crippen LogP contribution in [0.1, 0.15) is 28.9 Å². The van der Waals surface area contributed by atoms with Crippen molar-refractivity contribution in [2.45, 2.75) is 25.4 Å². The van der Waals surface area contributed by atoms with E-state index in [0.29, 0.717) is 11.6 Å². The molecule has 3 heterocycles. The number of nitrogens with zero attached hydrogens (tertiary/aromatic N) is 5. The van der Waals surface area contributed by atoms with E-state index in [9.17, 15) is 4.79 Å². The molecule has 1 saturated heterocycles. The molecule has 1 fully saturated rings. The fraction of sp³-hybridized carbons (Fsp3) is 0.333. The van der Waals surface area contributed by atoms with Gasteiger partial charge in [0.15, 0.2) is 5.58 Å². The van der Waals surface area contributed by atoms with Crippen LogP contribution in [0.15, 0.2) is 47.0 Å². The molecule has 148 valence electrons. The van der Waals surface area contributed by atoms with Crippen LogP contribution in [0.5, 0.6) is 0 Å². The SMILES string of the molecule is CN(Cc1noc2ccccc12)C1CCN(C(=O)c2ccc3nsnc3c2)CC1. The van der Waals surface area contributed by atoms with E-state index >= 15 is 0 Å². The van der Waals surface area contributed by atoms with E-state index < -0.39 is 0 Å². The van der Waals surface area contributed by atoms with Crippen LogP contribution < -0.4 is 0 Å². The van der Waals surface area contributed by atoms with E-state index in [1.54, 1.807) is 0 Å². The molecule has 1 amide bonds. The Kier molecular flexibility index (Phi) is 4.73. The van der Waals surface area contributed by atoms with Crippen LogP contribution in [0.3, 0.4) is 0 Å². The minimum atomic E-state index is 0.0727. The Hall–Kier alpha value is -2.84. The van der Waals surface area contributed by atoms with Gasteiger partial charge in [-0.15, -0.1) is 0 Å². The first-order valence-corrected chi connectivity index (χ1v) is 10.5. The molecule has 7 nitrogen and oxygen atoms in total. The van der Waals surface area contributed by atoms with Crippen molar-refractivity contribution in [3.63, 3.8) is 0 Å². The third-order valence-electron chi connectivity index (χ3n) is 5.73. The van der Waals surface area contributed by atoms with Gasteiger partial charge in [0.1, 0.15) is 16.7 Å². The number of carbonyl (C=O) groups excluding carboxylic acids is 1. The second-order valence-corrected chi connectivity index (χ2v) is 8.06. The average Bonchev–Trinajstić information content (AvgIpc) is 3.40. The molecule has 0 bridgehead atoms. The average molecular weight is 407 g/mol. The number of carbonyl (C=O) groups is 1. The molecule has 4 aromatic rings. The van der Waals surface area contributed by atoms with Crippen LogP contribution >= 0.6 is 11.7 Å². The van der Waals surface area contributed by atoms with Gasteiger partial charge < -0.3 is 9.42 Å². The third-order valence-corrected chi connectivity index (χ3v) is 6.28. The number of aromatic nitrogens is 3. The monoisotopic (exact) mass is 407 g/mol. The highest BCUT2D eigenvalue weighted by atomic mass is 32.1. The molecule has 29 heavy (non-hydrogen) atoms. The molecular formula is C21H21N5O2S. The van der Waals surface area contributed by atoms with Gasteiger partial charge in [0.05, 0.1) is 11.7 Å². The van der Waals surface area contributed by atoms with Gasteiger partial charge in [-0.25, -0.2) is 0 Å². The smallest absolute Gasteiger partial charge is 0.253 e. The molecule has 0 atom stereocenters. The topological polar surface area (TPSA) is 75.4 Å². The number of amides is 1. The van der Waals surface area contributed by atoms with Gasteiger partial charge >= 0.3 is 0 Å². The van der Waals surface area contributed by atoms with Crippen molar-refractivity contribution in [3.05, 3.63) is 53.7 Å². The maximum atomic E-state index is 12.9.